The topological polar surface area (TPSA) is 90.4 Å². The molecule has 1 aromatic rings. The standard InChI is InChI=1S/C14H23N3O2/c1-14(2,7-8-19-3)9-17-11-6-4-5-10(12(11)15)13(16)18/h4-6,17H,7-9,15H2,1-3H3,(H2,16,18). The zero-order valence-electron chi connectivity index (χ0n) is 11.8. The van der Waals surface area contributed by atoms with Gasteiger partial charge < -0.3 is 21.5 Å². The number of hydrogen-bond acceptors (Lipinski definition) is 4. The number of nitrogen functional groups attached to an aromatic ring is 1. The number of para-hydroxylation sites is 1. The summed E-state index contributed by atoms with van der Waals surface area (Å²) in [7, 11) is 1.69. The van der Waals surface area contributed by atoms with Crippen molar-refractivity contribution in [3.8, 4) is 0 Å². The van der Waals surface area contributed by atoms with Crippen molar-refractivity contribution >= 4 is 17.3 Å². The molecule has 1 amide bonds. The van der Waals surface area contributed by atoms with E-state index in [9.17, 15) is 4.79 Å². The number of primary amides is 1. The number of nitrogens with two attached hydrogens (primary N) is 2. The van der Waals surface area contributed by atoms with Crippen molar-refractivity contribution < 1.29 is 9.53 Å². The van der Waals surface area contributed by atoms with E-state index >= 15 is 0 Å². The summed E-state index contributed by atoms with van der Waals surface area (Å²) in [5, 5.41) is 3.27. The SMILES string of the molecule is COCCC(C)(C)CNc1cccc(C(N)=O)c1N. The Morgan fingerprint density at radius 2 is 2.11 bits per heavy atom. The summed E-state index contributed by atoms with van der Waals surface area (Å²) < 4.78 is 5.09. The Bertz CT molecular complexity index is 444. The van der Waals surface area contributed by atoms with E-state index in [-0.39, 0.29) is 5.41 Å². The highest BCUT2D eigenvalue weighted by molar-refractivity contribution is 6.00. The molecule has 0 aliphatic heterocycles. The third-order valence-corrected chi connectivity index (χ3v) is 3.11. The number of ether oxygens (including phenoxy) is 1. The van der Waals surface area contributed by atoms with Crippen LogP contribution in [0.15, 0.2) is 18.2 Å². The average molecular weight is 265 g/mol. The molecule has 106 valence electrons. The summed E-state index contributed by atoms with van der Waals surface area (Å²) in [5.41, 5.74) is 12.8. The lowest BCUT2D eigenvalue weighted by Crippen LogP contribution is -2.25. The first-order chi connectivity index (χ1) is 8.87. The highest BCUT2D eigenvalue weighted by Gasteiger charge is 2.18. The van der Waals surface area contributed by atoms with E-state index in [4.69, 9.17) is 16.2 Å². The fourth-order valence-electron chi connectivity index (χ4n) is 1.74. The van der Waals surface area contributed by atoms with Gasteiger partial charge in [-0.3, -0.25) is 4.79 Å². The first-order valence-electron chi connectivity index (χ1n) is 6.28. The number of nitrogens with one attached hydrogen (secondary N) is 1. The summed E-state index contributed by atoms with van der Waals surface area (Å²) in [5.74, 6) is -0.514. The Balaban J connectivity index is 2.73. The molecular formula is C14H23N3O2. The highest BCUT2D eigenvalue weighted by atomic mass is 16.5. The van der Waals surface area contributed by atoms with Gasteiger partial charge in [0, 0.05) is 20.3 Å². The normalized spacial score (nSPS) is 11.3. The fourth-order valence-corrected chi connectivity index (χ4v) is 1.74. The van der Waals surface area contributed by atoms with Crippen LogP contribution in [0.4, 0.5) is 11.4 Å². The molecule has 1 rings (SSSR count). The first-order valence-corrected chi connectivity index (χ1v) is 6.28. The predicted octanol–water partition coefficient (Wildman–Crippen LogP) is 1.84. The maximum Gasteiger partial charge on any atom is 0.250 e. The second-order valence-corrected chi connectivity index (χ2v) is 5.39. The first kappa shape index (κ1) is 15.3. The molecule has 5 nitrogen and oxygen atoms in total. The van der Waals surface area contributed by atoms with Crippen LogP contribution in [0.3, 0.4) is 0 Å². The van der Waals surface area contributed by atoms with Crippen molar-refractivity contribution in [1.29, 1.82) is 0 Å². The highest BCUT2D eigenvalue weighted by Crippen LogP contribution is 2.26. The minimum absolute atomic E-state index is 0.0746. The summed E-state index contributed by atoms with van der Waals surface area (Å²) in [4.78, 5) is 11.2. The van der Waals surface area contributed by atoms with E-state index < -0.39 is 5.91 Å². The lowest BCUT2D eigenvalue weighted by molar-refractivity contribution is 0.100. The number of hydrogen-bond donors (Lipinski definition) is 3. The smallest absolute Gasteiger partial charge is 0.250 e. The van der Waals surface area contributed by atoms with Crippen molar-refractivity contribution in [2.75, 3.05) is 31.3 Å². The van der Waals surface area contributed by atoms with E-state index in [1.165, 1.54) is 0 Å². The van der Waals surface area contributed by atoms with Crippen LogP contribution >= 0.6 is 0 Å². The largest absolute Gasteiger partial charge is 0.396 e. The van der Waals surface area contributed by atoms with Gasteiger partial charge in [-0.25, -0.2) is 0 Å². The molecule has 0 aliphatic rings. The van der Waals surface area contributed by atoms with Crippen molar-refractivity contribution in [2.45, 2.75) is 20.3 Å². The molecule has 0 aromatic heterocycles. The summed E-state index contributed by atoms with van der Waals surface area (Å²) in [6, 6.07) is 5.23. The van der Waals surface area contributed by atoms with E-state index in [0.717, 1.165) is 18.7 Å². The number of amides is 1. The fraction of sp³-hybridized carbons (Fsp3) is 0.500. The number of anilines is 2. The van der Waals surface area contributed by atoms with Gasteiger partial charge in [-0.15, -0.1) is 0 Å². The average Bonchev–Trinajstić information content (AvgIpc) is 2.35. The number of methoxy groups -OCH3 is 1. The number of benzene rings is 1. The molecule has 5 heteroatoms. The molecule has 0 spiro atoms. The van der Waals surface area contributed by atoms with Crippen LogP contribution < -0.4 is 16.8 Å². The summed E-state index contributed by atoms with van der Waals surface area (Å²) in [6.45, 7) is 5.74. The third-order valence-electron chi connectivity index (χ3n) is 3.11. The van der Waals surface area contributed by atoms with Gasteiger partial charge in [0.15, 0.2) is 0 Å². The van der Waals surface area contributed by atoms with Gasteiger partial charge in [0.25, 0.3) is 5.91 Å². The molecular weight excluding hydrogens is 242 g/mol. The van der Waals surface area contributed by atoms with E-state index in [0.29, 0.717) is 17.9 Å². The molecule has 0 saturated heterocycles. The van der Waals surface area contributed by atoms with Gasteiger partial charge in [0.05, 0.1) is 16.9 Å². The van der Waals surface area contributed by atoms with E-state index in [1.54, 1.807) is 19.2 Å². The van der Waals surface area contributed by atoms with Gasteiger partial charge in [0.2, 0.25) is 0 Å². The van der Waals surface area contributed by atoms with Crippen LogP contribution in [-0.4, -0.2) is 26.2 Å². The molecule has 0 heterocycles. The molecule has 0 unspecified atom stereocenters. The van der Waals surface area contributed by atoms with Crippen molar-refractivity contribution in [3.05, 3.63) is 23.8 Å². The van der Waals surface area contributed by atoms with Crippen LogP contribution in [0, 0.1) is 5.41 Å². The molecule has 0 saturated carbocycles. The summed E-state index contributed by atoms with van der Waals surface area (Å²) >= 11 is 0. The van der Waals surface area contributed by atoms with E-state index in [1.807, 2.05) is 6.07 Å². The van der Waals surface area contributed by atoms with Crippen molar-refractivity contribution in [3.63, 3.8) is 0 Å². The van der Waals surface area contributed by atoms with E-state index in [2.05, 4.69) is 19.2 Å². The predicted molar refractivity (Wildman–Crippen MR) is 78.1 cm³/mol. The van der Waals surface area contributed by atoms with Crippen LogP contribution in [0.2, 0.25) is 0 Å². The minimum atomic E-state index is -0.514. The monoisotopic (exact) mass is 265 g/mol. The van der Waals surface area contributed by atoms with Gasteiger partial charge in [-0.1, -0.05) is 19.9 Å². The van der Waals surface area contributed by atoms with Crippen LogP contribution in [0.25, 0.3) is 0 Å². The Kier molecular flexibility index (Phi) is 5.18. The second-order valence-electron chi connectivity index (χ2n) is 5.39. The van der Waals surface area contributed by atoms with Crippen molar-refractivity contribution in [1.82, 2.24) is 0 Å². The quantitative estimate of drug-likeness (QED) is 0.656. The lowest BCUT2D eigenvalue weighted by Gasteiger charge is -2.25. The Hall–Kier alpha value is -1.75. The molecule has 0 radical (unpaired) electrons. The van der Waals surface area contributed by atoms with Crippen LogP contribution in [0.5, 0.6) is 0 Å². The van der Waals surface area contributed by atoms with Crippen LogP contribution in [-0.2, 0) is 4.74 Å². The maximum atomic E-state index is 11.2. The molecule has 0 bridgehead atoms. The second kappa shape index (κ2) is 6.43. The Labute approximate surface area is 114 Å². The third kappa shape index (κ3) is 4.44. The minimum Gasteiger partial charge on any atom is -0.396 e. The zero-order chi connectivity index (χ0) is 14.5. The van der Waals surface area contributed by atoms with Crippen molar-refractivity contribution in [2.24, 2.45) is 11.1 Å². The molecule has 0 atom stereocenters. The van der Waals surface area contributed by atoms with Gasteiger partial charge in [-0.05, 0) is 24.0 Å². The van der Waals surface area contributed by atoms with Gasteiger partial charge in [0.1, 0.15) is 0 Å². The number of carbonyl (C=O) groups excluding carboxylic acids is 1. The lowest BCUT2D eigenvalue weighted by atomic mass is 9.89. The van der Waals surface area contributed by atoms with Gasteiger partial charge >= 0.3 is 0 Å². The molecule has 1 aromatic carbocycles. The summed E-state index contributed by atoms with van der Waals surface area (Å²) in [6.07, 6.45) is 0.936. The molecule has 5 N–H and O–H groups in total. The Morgan fingerprint density at radius 1 is 1.42 bits per heavy atom. The molecule has 19 heavy (non-hydrogen) atoms. The number of carbonyl (C=O) groups is 1. The number of rotatable bonds is 7. The Morgan fingerprint density at radius 3 is 2.68 bits per heavy atom. The van der Waals surface area contributed by atoms with Crippen LogP contribution in [0.1, 0.15) is 30.6 Å². The molecule has 0 fully saturated rings. The zero-order valence-corrected chi connectivity index (χ0v) is 11.8. The van der Waals surface area contributed by atoms with Gasteiger partial charge in [-0.2, -0.15) is 0 Å². The molecule has 0 aliphatic carbocycles. The maximum absolute atomic E-state index is 11.2.